The molecule has 19 atom stereocenters. The molecule has 4 saturated heterocycles. The van der Waals surface area contributed by atoms with Gasteiger partial charge >= 0.3 is 11.9 Å². The fourth-order valence-electron chi connectivity index (χ4n) is 14.0. The Morgan fingerprint density at radius 1 is 0.869 bits per heavy atom. The first-order chi connectivity index (χ1) is 39.6. The molecule has 474 valence electrons. The van der Waals surface area contributed by atoms with Crippen molar-refractivity contribution in [1.82, 2.24) is 9.88 Å². The van der Waals surface area contributed by atoms with Crippen LogP contribution in [0.1, 0.15) is 140 Å². The van der Waals surface area contributed by atoms with Crippen molar-refractivity contribution in [3.8, 4) is 11.5 Å². The van der Waals surface area contributed by atoms with Crippen molar-refractivity contribution in [2.75, 3.05) is 52.1 Å². The largest absolute Gasteiger partial charge is 0.493 e. The van der Waals surface area contributed by atoms with Gasteiger partial charge in [-0.25, -0.2) is 0 Å². The van der Waals surface area contributed by atoms with Gasteiger partial charge in [0.25, 0.3) is 0 Å². The average molecular weight is 1240 g/mol. The minimum atomic E-state index is -1.47. The summed E-state index contributed by atoms with van der Waals surface area (Å²) in [4.78, 5) is 54.1. The number of esters is 2. The van der Waals surface area contributed by atoms with Crippen LogP contribution in [0.4, 0.5) is 5.69 Å². The number of likely N-dealkylation sites (N-methyl/N-ethyl adjacent to an activating group) is 1. The van der Waals surface area contributed by atoms with Gasteiger partial charge in [-0.1, -0.05) is 64.7 Å². The molecule has 5 heterocycles. The molecule has 0 unspecified atom stereocenters. The van der Waals surface area contributed by atoms with Gasteiger partial charge in [-0.3, -0.25) is 19.4 Å². The monoisotopic (exact) mass is 1240 g/mol. The van der Waals surface area contributed by atoms with Crippen molar-refractivity contribution in [2.24, 2.45) is 35.5 Å². The van der Waals surface area contributed by atoms with Crippen molar-refractivity contribution in [3.05, 3.63) is 46.2 Å². The number of hydrogen-bond acceptors (Lipinski definition) is 19. The number of carbonyl (C=O) groups excluding carboxylic acids is 3. The highest BCUT2D eigenvalue weighted by Crippen LogP contribution is 2.50. The lowest BCUT2D eigenvalue weighted by atomic mass is 9.70. The normalized spacial score (nSPS) is 37.4. The van der Waals surface area contributed by atoms with Crippen molar-refractivity contribution in [2.45, 2.75) is 231 Å². The Morgan fingerprint density at radius 2 is 1.54 bits per heavy atom. The van der Waals surface area contributed by atoms with E-state index in [2.05, 4.69) is 28.6 Å². The molecule has 0 amide bonds. The predicted molar refractivity (Wildman–Crippen MR) is 324 cm³/mol. The summed E-state index contributed by atoms with van der Waals surface area (Å²) < 4.78 is 65.1. The lowest BCUT2D eigenvalue weighted by molar-refractivity contribution is -0.319. The van der Waals surface area contributed by atoms with Crippen LogP contribution in [0, 0.1) is 35.5 Å². The first kappa shape index (κ1) is 68.4. The highest BCUT2D eigenvalue weighted by molar-refractivity contribution is 8.00. The molecule has 5 fully saturated rings. The third kappa shape index (κ3) is 15.1. The second-order valence-electron chi connectivity index (χ2n) is 25.6. The summed E-state index contributed by atoms with van der Waals surface area (Å²) in [6.07, 6.45) is -0.0503. The fourth-order valence-corrected chi connectivity index (χ4v) is 16.0. The summed E-state index contributed by atoms with van der Waals surface area (Å²) in [5, 5.41) is 23.5. The van der Waals surface area contributed by atoms with Gasteiger partial charge < -0.3 is 67.4 Å². The molecule has 5 aliphatic rings. The van der Waals surface area contributed by atoms with Gasteiger partial charge in [0.1, 0.15) is 29.3 Å². The van der Waals surface area contributed by atoms with Crippen LogP contribution < -0.4 is 14.4 Å². The number of thioether (sulfide) groups is 1. The SMILES string of the molecule is CC[C@H]1OC(=O)[C@H](C)[C@@H](O[C@H]2C[C@@](C)(OC)[C@@H](O)[C@H](C)O2)[C@H](C)[C@@H](O[C@@H]2O[C@H](C)C[C@H](N(C)CC(C)C)[C@H]2O)[C@](C)(OC)C[C@@H](C)C(=O)[C@H](C)[C@H]2[C@H](SCCN(Cc3c(Cl)cncc3Cl)c3ccc(OC)c(OC4CCCC4)c3)C(=O)O[C@@]21C. The maximum Gasteiger partial charge on any atom is 0.320 e. The highest BCUT2D eigenvalue weighted by Gasteiger charge is 2.62. The quantitative estimate of drug-likeness (QED) is 0.118. The molecule has 1 aliphatic carbocycles. The van der Waals surface area contributed by atoms with Crippen LogP contribution in [0.3, 0.4) is 0 Å². The highest BCUT2D eigenvalue weighted by atomic mass is 35.5. The van der Waals surface area contributed by atoms with E-state index in [1.165, 1.54) is 18.9 Å². The van der Waals surface area contributed by atoms with Gasteiger partial charge in [0.05, 0.1) is 64.8 Å². The molecule has 84 heavy (non-hydrogen) atoms. The number of cyclic esters (lactones) is 1. The molecule has 0 bridgehead atoms. The summed E-state index contributed by atoms with van der Waals surface area (Å²) in [5.74, 6) is -3.51. The van der Waals surface area contributed by atoms with Gasteiger partial charge in [-0.05, 0) is 112 Å². The van der Waals surface area contributed by atoms with Gasteiger partial charge in [0.2, 0.25) is 0 Å². The summed E-state index contributed by atoms with van der Waals surface area (Å²) in [6.45, 7) is 24.0. The van der Waals surface area contributed by atoms with E-state index in [1.807, 2.05) is 66.8 Å². The molecule has 7 rings (SSSR count). The van der Waals surface area contributed by atoms with E-state index in [9.17, 15) is 15.0 Å². The lowest BCUT2D eigenvalue weighted by Crippen LogP contribution is -2.61. The Labute approximate surface area is 513 Å². The zero-order chi connectivity index (χ0) is 61.7. The van der Waals surface area contributed by atoms with E-state index < -0.39 is 113 Å². The number of fused-ring (bicyclic) bond motifs is 1. The number of methoxy groups -OCH3 is 3. The number of pyridine rings is 1. The number of nitrogens with zero attached hydrogens (tertiary/aromatic N) is 3. The van der Waals surface area contributed by atoms with E-state index in [4.69, 9.17) is 70.6 Å². The molecule has 4 aliphatic heterocycles. The molecule has 21 heteroatoms. The van der Waals surface area contributed by atoms with Crippen LogP contribution in [0.25, 0.3) is 0 Å². The van der Waals surface area contributed by atoms with Crippen LogP contribution in [-0.2, 0) is 58.8 Å². The number of aliphatic hydroxyl groups is 2. The smallest absolute Gasteiger partial charge is 0.320 e. The van der Waals surface area contributed by atoms with Crippen molar-refractivity contribution in [3.63, 3.8) is 0 Å². The Bertz CT molecular complexity index is 2510. The summed E-state index contributed by atoms with van der Waals surface area (Å²) in [6, 6.07) is 5.48. The van der Waals surface area contributed by atoms with E-state index in [1.54, 1.807) is 54.3 Å². The average Bonchev–Trinajstić information content (AvgIpc) is 1.95. The van der Waals surface area contributed by atoms with Crippen molar-refractivity contribution >= 4 is 58.4 Å². The number of anilines is 1. The molecule has 2 aromatic rings. The fraction of sp³-hybridized carbons (Fsp3) is 0.778. The van der Waals surface area contributed by atoms with E-state index in [-0.39, 0.29) is 49.8 Å². The van der Waals surface area contributed by atoms with Gasteiger partial charge in [0.15, 0.2) is 29.7 Å². The summed E-state index contributed by atoms with van der Waals surface area (Å²) in [5.41, 5.74) is -2.39. The number of hydrogen-bond donors (Lipinski definition) is 2. The number of benzene rings is 1. The number of rotatable bonds is 20. The number of ketones is 1. The second-order valence-corrected chi connectivity index (χ2v) is 27.7. The Kier molecular flexibility index (Phi) is 23.7. The first-order valence-corrected chi connectivity index (χ1v) is 32.2. The van der Waals surface area contributed by atoms with Gasteiger partial charge in [0, 0.05) is 105 Å². The molecule has 2 N–H and O–H groups in total. The van der Waals surface area contributed by atoms with Gasteiger partial charge in [-0.15, -0.1) is 11.8 Å². The number of aliphatic hydroxyl groups excluding tert-OH is 2. The standard InChI is InChI=1S/C63H97Cl2N3O15S/c1-17-49-63(12)51(55(59(73)83-63)84-25-24-68(33-43-44(64)30-66-31-45(43)65)41-22-23-47(74-14)48(27-41)79-42-20-18-19-21-42)37(6)52(69)35(4)28-62(11,76-16)57(82-60-53(70)46(26-36(5)77-60)67(13)32-34(2)3)38(7)54(39(8)58(72)80-49)81-50-29-61(10,75-15)56(71)40(9)78-50/h22-23,27,30-31,34-40,42,46,49-51,53-57,60,70-71H,17-21,24-26,28-29,32-33H2,1-16H3/t35-,36-,37-,38+,39-,40+,46+,49-,50+,51+,53-,54+,55+,56+,57-,60+,61-,62-,63-/m1/s1. The zero-order valence-electron chi connectivity index (χ0n) is 52.5. The minimum Gasteiger partial charge on any atom is -0.493 e. The summed E-state index contributed by atoms with van der Waals surface area (Å²) in [7, 11) is 6.69. The van der Waals surface area contributed by atoms with Crippen LogP contribution in [-0.4, -0.2) is 175 Å². The van der Waals surface area contributed by atoms with E-state index >= 15 is 9.59 Å². The van der Waals surface area contributed by atoms with Crippen LogP contribution in [0.2, 0.25) is 10.0 Å². The summed E-state index contributed by atoms with van der Waals surface area (Å²) >= 11 is 14.9. The van der Waals surface area contributed by atoms with Crippen molar-refractivity contribution < 1.29 is 72.0 Å². The topological polar surface area (TPSA) is 203 Å². The molecular formula is C63H97Cl2N3O15S. The predicted octanol–water partition coefficient (Wildman–Crippen LogP) is 10.1. The Morgan fingerprint density at radius 3 is 2.15 bits per heavy atom. The minimum absolute atomic E-state index is 0.0655. The molecule has 18 nitrogen and oxygen atoms in total. The lowest BCUT2D eigenvalue weighted by Gasteiger charge is -2.50. The number of Topliss-reactive ketones (excluding diaryl/α,β-unsaturated/α-hetero) is 1. The first-order valence-electron chi connectivity index (χ1n) is 30.4. The van der Waals surface area contributed by atoms with Gasteiger partial charge in [-0.2, -0.15) is 0 Å². The molecule has 1 saturated carbocycles. The molecular weight excluding hydrogens is 1140 g/mol. The maximum absolute atomic E-state index is 15.6. The van der Waals surface area contributed by atoms with E-state index in [0.717, 1.165) is 37.9 Å². The third-order valence-electron chi connectivity index (χ3n) is 18.9. The number of halogens is 2. The maximum atomic E-state index is 15.6. The van der Waals surface area contributed by atoms with Crippen LogP contribution >= 0.6 is 35.0 Å². The molecule has 1 aromatic carbocycles. The van der Waals surface area contributed by atoms with Crippen LogP contribution in [0.15, 0.2) is 30.6 Å². The Hall–Kier alpha value is -3.05. The number of carbonyl (C=O) groups is 3. The second kappa shape index (κ2) is 29.1. The number of aromatic nitrogens is 1. The van der Waals surface area contributed by atoms with E-state index in [0.29, 0.717) is 51.7 Å². The van der Waals surface area contributed by atoms with Crippen molar-refractivity contribution in [1.29, 1.82) is 0 Å². The molecule has 1 aromatic heterocycles. The number of ether oxygens (including phenoxy) is 10. The Balaban J connectivity index is 1.27. The molecule has 0 spiro atoms. The zero-order valence-corrected chi connectivity index (χ0v) is 54.8. The third-order valence-corrected chi connectivity index (χ3v) is 20.8. The molecule has 0 radical (unpaired) electrons. The van der Waals surface area contributed by atoms with Crippen LogP contribution in [0.5, 0.6) is 11.5 Å².